The molecule has 0 spiro atoms. The molecule has 1 saturated heterocycles. The van der Waals surface area contributed by atoms with Crippen molar-refractivity contribution in [1.29, 1.82) is 0 Å². The molecule has 130 valence electrons. The lowest BCUT2D eigenvalue weighted by Crippen LogP contribution is -2.50. The molecule has 0 aliphatic carbocycles. The number of amides is 1. The number of likely N-dealkylation sites (tertiary alicyclic amines) is 1. The number of carbonyl (C=O) groups excluding carboxylic acids is 1. The Labute approximate surface area is 140 Å². The number of furan rings is 1. The Morgan fingerprint density at radius 2 is 2.30 bits per heavy atom. The minimum Gasteiger partial charge on any atom is -0.468 e. The summed E-state index contributed by atoms with van der Waals surface area (Å²) in [5, 5.41) is 3.15. The largest absolute Gasteiger partial charge is 0.468 e. The van der Waals surface area contributed by atoms with E-state index in [4.69, 9.17) is 4.42 Å². The number of likely N-dealkylation sites (N-methyl/N-ethyl adjacent to an activating group) is 1. The topological polar surface area (TPSA) is 48.7 Å². The molecule has 23 heavy (non-hydrogen) atoms. The summed E-state index contributed by atoms with van der Waals surface area (Å²) in [5.41, 5.74) is 0. The molecule has 1 fully saturated rings. The summed E-state index contributed by atoms with van der Waals surface area (Å²) in [6.07, 6.45) is 7.35. The van der Waals surface area contributed by atoms with Crippen molar-refractivity contribution in [2.75, 3.05) is 33.7 Å². The molecule has 1 N–H and O–H groups in total. The van der Waals surface area contributed by atoms with Crippen LogP contribution in [0.2, 0.25) is 0 Å². The highest BCUT2D eigenvalue weighted by Gasteiger charge is 2.29. The Bertz CT molecular complexity index is 459. The van der Waals surface area contributed by atoms with Gasteiger partial charge in [0.25, 0.3) is 0 Å². The zero-order valence-electron chi connectivity index (χ0n) is 14.8. The van der Waals surface area contributed by atoms with E-state index in [2.05, 4.69) is 22.0 Å². The second-order valence-corrected chi connectivity index (χ2v) is 6.64. The average Bonchev–Trinajstić information content (AvgIpc) is 3.07. The van der Waals surface area contributed by atoms with Crippen LogP contribution in [-0.4, -0.2) is 55.5 Å². The second-order valence-electron chi connectivity index (χ2n) is 6.64. The minimum atomic E-state index is 0.0368. The maximum absolute atomic E-state index is 12.7. The fourth-order valence-corrected chi connectivity index (χ4v) is 3.25. The van der Waals surface area contributed by atoms with Crippen LogP contribution in [0.5, 0.6) is 0 Å². The van der Waals surface area contributed by atoms with E-state index in [1.807, 2.05) is 26.2 Å². The maximum atomic E-state index is 12.7. The molecular weight excluding hydrogens is 290 g/mol. The number of hydrogen-bond donors (Lipinski definition) is 1. The van der Waals surface area contributed by atoms with E-state index in [0.29, 0.717) is 6.54 Å². The van der Waals surface area contributed by atoms with Crippen LogP contribution >= 0.6 is 0 Å². The molecule has 1 aliphatic heterocycles. The van der Waals surface area contributed by atoms with E-state index in [1.165, 1.54) is 12.8 Å². The average molecular weight is 321 g/mol. The summed E-state index contributed by atoms with van der Waals surface area (Å²) < 4.78 is 5.51. The molecule has 1 amide bonds. The van der Waals surface area contributed by atoms with Crippen LogP contribution in [-0.2, 0) is 4.79 Å². The predicted molar refractivity (Wildman–Crippen MR) is 92.3 cm³/mol. The van der Waals surface area contributed by atoms with Crippen molar-refractivity contribution in [3.05, 3.63) is 24.2 Å². The fraction of sp³-hybridized carbons (Fsp3) is 0.722. The van der Waals surface area contributed by atoms with Crippen molar-refractivity contribution < 1.29 is 9.21 Å². The monoisotopic (exact) mass is 321 g/mol. The van der Waals surface area contributed by atoms with E-state index in [9.17, 15) is 4.79 Å². The number of piperidine rings is 1. The Hall–Kier alpha value is -1.33. The van der Waals surface area contributed by atoms with Crippen molar-refractivity contribution in [2.45, 2.75) is 51.1 Å². The molecule has 0 unspecified atom stereocenters. The Morgan fingerprint density at radius 1 is 1.48 bits per heavy atom. The smallest absolute Gasteiger partial charge is 0.237 e. The highest BCUT2D eigenvalue weighted by Crippen LogP contribution is 2.20. The first-order chi connectivity index (χ1) is 11.1. The van der Waals surface area contributed by atoms with Crippen molar-refractivity contribution in [2.24, 2.45) is 0 Å². The van der Waals surface area contributed by atoms with Crippen LogP contribution in [0.1, 0.15) is 50.8 Å². The van der Waals surface area contributed by atoms with Gasteiger partial charge in [-0.3, -0.25) is 14.6 Å². The normalized spacial score (nSPS) is 20.6. The van der Waals surface area contributed by atoms with Crippen molar-refractivity contribution in [3.63, 3.8) is 0 Å². The second kappa shape index (κ2) is 9.08. The lowest BCUT2D eigenvalue weighted by Gasteiger charge is -2.35. The molecule has 5 nitrogen and oxygen atoms in total. The highest BCUT2D eigenvalue weighted by atomic mass is 16.3. The van der Waals surface area contributed by atoms with Gasteiger partial charge in [0.2, 0.25) is 5.91 Å². The summed E-state index contributed by atoms with van der Waals surface area (Å²) in [5.74, 6) is 1.06. The third-order valence-corrected chi connectivity index (χ3v) is 4.68. The zero-order chi connectivity index (χ0) is 16.7. The van der Waals surface area contributed by atoms with Gasteiger partial charge in [-0.1, -0.05) is 19.8 Å². The number of unbranched alkanes of at least 4 members (excludes halogenated alkanes) is 1. The lowest BCUT2D eigenvalue weighted by atomic mass is 10.0. The van der Waals surface area contributed by atoms with Gasteiger partial charge in [-0.25, -0.2) is 0 Å². The highest BCUT2D eigenvalue weighted by molar-refractivity contribution is 5.81. The first-order valence-electron chi connectivity index (χ1n) is 8.85. The molecule has 0 radical (unpaired) electrons. The molecule has 1 aliphatic rings. The Kier molecular flexibility index (Phi) is 7.12. The zero-order valence-corrected chi connectivity index (χ0v) is 14.8. The van der Waals surface area contributed by atoms with E-state index in [-0.39, 0.29) is 18.0 Å². The molecule has 1 aromatic rings. The molecule has 2 rings (SSSR count). The summed E-state index contributed by atoms with van der Waals surface area (Å²) >= 11 is 0. The summed E-state index contributed by atoms with van der Waals surface area (Å²) in [7, 11) is 4.01. The SMILES string of the molecule is CCCCN1CCCC[C@@H]1C(=O)NC[C@H](c1ccco1)N(C)C. The van der Waals surface area contributed by atoms with E-state index < -0.39 is 0 Å². The molecule has 0 saturated carbocycles. The Balaban J connectivity index is 1.91. The molecule has 0 bridgehead atoms. The number of carbonyl (C=O) groups is 1. The van der Waals surface area contributed by atoms with Crippen molar-refractivity contribution in [3.8, 4) is 0 Å². The van der Waals surface area contributed by atoms with Crippen LogP contribution in [0.25, 0.3) is 0 Å². The molecule has 0 aromatic carbocycles. The van der Waals surface area contributed by atoms with Crippen LogP contribution in [0, 0.1) is 0 Å². The number of hydrogen-bond acceptors (Lipinski definition) is 4. The summed E-state index contributed by atoms with van der Waals surface area (Å²) in [4.78, 5) is 17.1. The first-order valence-corrected chi connectivity index (χ1v) is 8.85. The third kappa shape index (κ3) is 5.08. The molecule has 2 heterocycles. The number of nitrogens with one attached hydrogen (secondary N) is 1. The first kappa shape index (κ1) is 18.0. The van der Waals surface area contributed by atoms with Crippen LogP contribution in [0.4, 0.5) is 0 Å². The van der Waals surface area contributed by atoms with Gasteiger partial charge in [-0.05, 0) is 58.6 Å². The fourth-order valence-electron chi connectivity index (χ4n) is 3.25. The van der Waals surface area contributed by atoms with Crippen molar-refractivity contribution >= 4 is 5.91 Å². The van der Waals surface area contributed by atoms with E-state index >= 15 is 0 Å². The molecule has 5 heteroatoms. The van der Waals surface area contributed by atoms with Gasteiger partial charge >= 0.3 is 0 Å². The van der Waals surface area contributed by atoms with E-state index in [0.717, 1.165) is 38.1 Å². The molecule has 2 atom stereocenters. The Morgan fingerprint density at radius 3 is 2.96 bits per heavy atom. The maximum Gasteiger partial charge on any atom is 0.237 e. The van der Waals surface area contributed by atoms with E-state index in [1.54, 1.807) is 6.26 Å². The number of rotatable bonds is 8. The van der Waals surface area contributed by atoms with Gasteiger partial charge < -0.3 is 9.73 Å². The van der Waals surface area contributed by atoms with Gasteiger partial charge in [0.05, 0.1) is 18.3 Å². The van der Waals surface area contributed by atoms with Gasteiger partial charge in [-0.15, -0.1) is 0 Å². The summed E-state index contributed by atoms with van der Waals surface area (Å²) in [6, 6.07) is 3.96. The quantitative estimate of drug-likeness (QED) is 0.800. The van der Waals surface area contributed by atoms with Crippen molar-refractivity contribution in [1.82, 2.24) is 15.1 Å². The number of nitrogens with zero attached hydrogens (tertiary/aromatic N) is 2. The van der Waals surface area contributed by atoms with Crippen LogP contribution in [0.3, 0.4) is 0 Å². The van der Waals surface area contributed by atoms with Gasteiger partial charge in [0.15, 0.2) is 0 Å². The van der Waals surface area contributed by atoms with Crippen LogP contribution < -0.4 is 5.32 Å². The standard InChI is InChI=1S/C18H31N3O2/c1-4-5-11-21-12-7-6-9-15(21)18(22)19-14-16(20(2)3)17-10-8-13-23-17/h8,10,13,15-16H,4-7,9,11-12,14H2,1-3H3,(H,19,22)/t15-,16-/m1/s1. The molecular formula is C18H31N3O2. The predicted octanol–water partition coefficient (Wildman–Crippen LogP) is 2.65. The van der Waals surface area contributed by atoms with Gasteiger partial charge in [-0.2, -0.15) is 0 Å². The minimum absolute atomic E-state index is 0.0368. The van der Waals surface area contributed by atoms with Gasteiger partial charge in [0, 0.05) is 6.54 Å². The summed E-state index contributed by atoms with van der Waals surface area (Å²) in [6.45, 7) is 4.86. The van der Waals surface area contributed by atoms with Gasteiger partial charge in [0.1, 0.15) is 5.76 Å². The lowest BCUT2D eigenvalue weighted by molar-refractivity contribution is -0.127. The third-order valence-electron chi connectivity index (χ3n) is 4.68. The van der Waals surface area contributed by atoms with Crippen LogP contribution in [0.15, 0.2) is 22.8 Å². The molecule has 1 aromatic heterocycles.